The van der Waals surface area contributed by atoms with Crippen molar-refractivity contribution in [3.8, 4) is 0 Å². The van der Waals surface area contributed by atoms with Crippen LogP contribution in [0.1, 0.15) is 37.1 Å². The zero-order chi connectivity index (χ0) is 19.6. The topological polar surface area (TPSA) is 80.1 Å². The van der Waals surface area contributed by atoms with Gasteiger partial charge in [0.15, 0.2) is 5.16 Å². The van der Waals surface area contributed by atoms with Crippen LogP contribution in [0, 0.1) is 6.92 Å². The number of rotatable bonds is 7. The molecule has 1 saturated carbocycles. The highest BCUT2D eigenvalue weighted by Gasteiger charge is 2.30. The maximum Gasteiger partial charge on any atom is 0.243 e. The van der Waals surface area contributed by atoms with Crippen molar-refractivity contribution < 1.29 is 9.59 Å². The molecule has 1 atom stereocenters. The first kappa shape index (κ1) is 19.4. The normalized spacial score (nSPS) is 14.7. The van der Waals surface area contributed by atoms with E-state index in [2.05, 4.69) is 15.5 Å². The number of hydrogen-bond donors (Lipinski definition) is 1. The Morgan fingerprint density at radius 2 is 1.96 bits per heavy atom. The molecule has 0 radical (unpaired) electrons. The third kappa shape index (κ3) is 4.88. The fourth-order valence-corrected chi connectivity index (χ4v) is 3.71. The van der Waals surface area contributed by atoms with Crippen molar-refractivity contribution in [2.24, 2.45) is 7.05 Å². The highest BCUT2D eigenvalue weighted by molar-refractivity contribution is 8.00. The Hall–Kier alpha value is -2.35. The van der Waals surface area contributed by atoms with Gasteiger partial charge in [-0.3, -0.25) is 9.59 Å². The minimum absolute atomic E-state index is 0.00372. The summed E-state index contributed by atoms with van der Waals surface area (Å²) in [5, 5.41) is 11.6. The summed E-state index contributed by atoms with van der Waals surface area (Å²) in [5.41, 5.74) is 1.85. The number of nitrogens with one attached hydrogen (secondary N) is 1. The lowest BCUT2D eigenvalue weighted by Crippen LogP contribution is -2.39. The van der Waals surface area contributed by atoms with E-state index in [9.17, 15) is 9.59 Å². The Morgan fingerprint density at radius 3 is 2.59 bits per heavy atom. The highest BCUT2D eigenvalue weighted by Crippen LogP contribution is 2.39. The number of aromatic nitrogens is 3. The SMILES string of the molecule is Cc1ccc(NC(=O)CN(C)C(=O)[C@@H](C)Sc2nnc(C3CC3)n2C)cc1. The van der Waals surface area contributed by atoms with Crippen molar-refractivity contribution in [2.75, 3.05) is 18.9 Å². The van der Waals surface area contributed by atoms with Crippen molar-refractivity contribution in [1.29, 1.82) is 0 Å². The van der Waals surface area contributed by atoms with Crippen LogP contribution in [0.25, 0.3) is 0 Å². The average Bonchev–Trinajstić information content (AvgIpc) is 3.41. The van der Waals surface area contributed by atoms with Gasteiger partial charge in [-0.1, -0.05) is 29.5 Å². The van der Waals surface area contributed by atoms with E-state index in [0.29, 0.717) is 5.92 Å². The molecule has 1 heterocycles. The summed E-state index contributed by atoms with van der Waals surface area (Å²) in [6.07, 6.45) is 2.31. The molecule has 8 heteroatoms. The van der Waals surface area contributed by atoms with E-state index in [1.807, 2.05) is 49.7 Å². The molecule has 1 aliphatic rings. The van der Waals surface area contributed by atoms with Gasteiger partial charge in [0.2, 0.25) is 11.8 Å². The summed E-state index contributed by atoms with van der Waals surface area (Å²) in [5.74, 6) is 1.16. The molecule has 2 amide bonds. The number of likely N-dealkylation sites (N-methyl/N-ethyl adjacent to an activating group) is 1. The van der Waals surface area contributed by atoms with Crippen LogP contribution >= 0.6 is 11.8 Å². The van der Waals surface area contributed by atoms with Crippen LogP contribution in [0.4, 0.5) is 5.69 Å². The molecule has 1 aliphatic carbocycles. The van der Waals surface area contributed by atoms with Crippen LogP contribution in [0.5, 0.6) is 0 Å². The molecular formula is C19H25N5O2S. The summed E-state index contributed by atoms with van der Waals surface area (Å²) >= 11 is 1.37. The van der Waals surface area contributed by atoms with Crippen molar-refractivity contribution in [3.05, 3.63) is 35.7 Å². The molecule has 0 aliphatic heterocycles. The molecule has 0 bridgehead atoms. The standard InChI is InChI=1S/C19H25N5O2S/c1-12-5-9-15(10-6-12)20-16(25)11-23(3)18(26)13(2)27-19-22-21-17(24(19)4)14-7-8-14/h5-6,9-10,13-14H,7-8,11H2,1-4H3,(H,20,25)/t13-/m1/s1. The number of carbonyl (C=O) groups excluding carboxylic acids is 2. The fourth-order valence-electron chi connectivity index (χ4n) is 2.78. The lowest BCUT2D eigenvalue weighted by Gasteiger charge is -2.20. The Bertz CT molecular complexity index is 829. The minimum Gasteiger partial charge on any atom is -0.335 e. The van der Waals surface area contributed by atoms with Crippen LogP contribution in [0.2, 0.25) is 0 Å². The molecule has 3 rings (SSSR count). The van der Waals surface area contributed by atoms with Gasteiger partial charge in [0.1, 0.15) is 5.82 Å². The Morgan fingerprint density at radius 1 is 1.30 bits per heavy atom. The van der Waals surface area contributed by atoms with Gasteiger partial charge in [0, 0.05) is 25.7 Å². The molecule has 7 nitrogen and oxygen atoms in total. The molecule has 1 aromatic carbocycles. The molecule has 27 heavy (non-hydrogen) atoms. The number of carbonyl (C=O) groups is 2. The summed E-state index contributed by atoms with van der Waals surface area (Å²) < 4.78 is 1.97. The first-order valence-corrected chi connectivity index (χ1v) is 9.90. The van der Waals surface area contributed by atoms with Gasteiger partial charge in [0.05, 0.1) is 11.8 Å². The number of benzene rings is 1. The van der Waals surface area contributed by atoms with Crippen molar-refractivity contribution in [2.45, 2.75) is 43.0 Å². The Labute approximate surface area is 163 Å². The van der Waals surface area contributed by atoms with E-state index >= 15 is 0 Å². The quantitative estimate of drug-likeness (QED) is 0.739. The molecule has 1 aromatic heterocycles. The van der Waals surface area contributed by atoms with Crippen LogP contribution in [-0.2, 0) is 16.6 Å². The summed E-state index contributed by atoms with van der Waals surface area (Å²) in [7, 11) is 3.58. The predicted molar refractivity (Wildman–Crippen MR) is 106 cm³/mol. The first-order chi connectivity index (χ1) is 12.8. The molecule has 0 saturated heterocycles. The van der Waals surface area contributed by atoms with Gasteiger partial charge in [-0.2, -0.15) is 0 Å². The largest absolute Gasteiger partial charge is 0.335 e. The predicted octanol–water partition coefficient (Wildman–Crippen LogP) is 2.58. The third-order valence-corrected chi connectivity index (χ3v) is 5.65. The number of anilines is 1. The van der Waals surface area contributed by atoms with Crippen LogP contribution in [0.3, 0.4) is 0 Å². The summed E-state index contributed by atoms with van der Waals surface area (Å²) in [6, 6.07) is 7.55. The monoisotopic (exact) mass is 387 g/mol. The molecule has 0 spiro atoms. The number of thioether (sulfide) groups is 1. The number of aryl methyl sites for hydroxylation is 1. The van der Waals surface area contributed by atoms with E-state index in [0.717, 1.165) is 35.1 Å². The van der Waals surface area contributed by atoms with E-state index in [1.165, 1.54) is 16.7 Å². The van der Waals surface area contributed by atoms with E-state index < -0.39 is 0 Å². The smallest absolute Gasteiger partial charge is 0.243 e. The Kier molecular flexibility index (Phi) is 5.84. The first-order valence-electron chi connectivity index (χ1n) is 9.02. The van der Waals surface area contributed by atoms with Crippen molar-refractivity contribution in [3.63, 3.8) is 0 Å². The fraction of sp³-hybridized carbons (Fsp3) is 0.474. The van der Waals surface area contributed by atoms with E-state index in [-0.39, 0.29) is 23.6 Å². The minimum atomic E-state index is -0.350. The average molecular weight is 388 g/mol. The molecule has 144 valence electrons. The molecular weight excluding hydrogens is 362 g/mol. The van der Waals surface area contributed by atoms with Crippen molar-refractivity contribution in [1.82, 2.24) is 19.7 Å². The zero-order valence-electron chi connectivity index (χ0n) is 16.1. The number of nitrogens with zero attached hydrogens (tertiary/aromatic N) is 4. The molecule has 2 aromatic rings. The number of amides is 2. The van der Waals surface area contributed by atoms with Gasteiger partial charge in [0.25, 0.3) is 0 Å². The van der Waals surface area contributed by atoms with Crippen molar-refractivity contribution >= 4 is 29.3 Å². The van der Waals surface area contributed by atoms with Gasteiger partial charge in [-0.15, -0.1) is 10.2 Å². The summed E-state index contributed by atoms with van der Waals surface area (Å²) in [6.45, 7) is 3.82. The molecule has 1 fully saturated rings. The lowest BCUT2D eigenvalue weighted by atomic mass is 10.2. The summed E-state index contributed by atoms with van der Waals surface area (Å²) in [4.78, 5) is 26.2. The molecule has 1 N–H and O–H groups in total. The highest BCUT2D eigenvalue weighted by atomic mass is 32.2. The molecule has 0 unspecified atom stereocenters. The second-order valence-electron chi connectivity index (χ2n) is 7.04. The van der Waals surface area contributed by atoms with Gasteiger partial charge in [-0.05, 0) is 38.8 Å². The van der Waals surface area contributed by atoms with Gasteiger partial charge >= 0.3 is 0 Å². The Balaban J connectivity index is 1.52. The maximum atomic E-state index is 12.6. The zero-order valence-corrected chi connectivity index (χ0v) is 16.9. The lowest BCUT2D eigenvalue weighted by molar-refractivity contribution is -0.132. The second-order valence-corrected chi connectivity index (χ2v) is 8.35. The van der Waals surface area contributed by atoms with Crippen LogP contribution < -0.4 is 5.32 Å². The second kappa shape index (κ2) is 8.12. The number of hydrogen-bond acceptors (Lipinski definition) is 5. The van der Waals surface area contributed by atoms with Crippen LogP contribution in [-0.4, -0.2) is 50.3 Å². The third-order valence-electron chi connectivity index (χ3n) is 4.53. The van der Waals surface area contributed by atoms with E-state index in [1.54, 1.807) is 7.05 Å². The van der Waals surface area contributed by atoms with Gasteiger partial charge < -0.3 is 14.8 Å². The van der Waals surface area contributed by atoms with Crippen LogP contribution in [0.15, 0.2) is 29.4 Å². The maximum absolute atomic E-state index is 12.6. The van der Waals surface area contributed by atoms with Gasteiger partial charge in [-0.25, -0.2) is 0 Å². The van der Waals surface area contributed by atoms with E-state index in [4.69, 9.17) is 0 Å².